The van der Waals surface area contributed by atoms with Gasteiger partial charge >= 0.3 is 0 Å². The van der Waals surface area contributed by atoms with Gasteiger partial charge in [-0.1, -0.05) is 20.8 Å². The zero-order chi connectivity index (χ0) is 13.9. The fourth-order valence-corrected chi connectivity index (χ4v) is 2.74. The topological polar surface area (TPSA) is 78.9 Å². The Hall–Kier alpha value is -1.08. The predicted molar refractivity (Wildman–Crippen MR) is 71.4 cm³/mol. The van der Waals surface area contributed by atoms with E-state index in [0.29, 0.717) is 12.5 Å². The number of nitrogens with zero attached hydrogens (tertiary/aromatic N) is 1. The Bertz CT molecular complexity index is 345. The van der Waals surface area contributed by atoms with Gasteiger partial charge in [0.15, 0.2) is 0 Å². The number of rotatable bonds is 3. The molecule has 1 aliphatic carbocycles. The van der Waals surface area contributed by atoms with E-state index in [1.165, 1.54) is 0 Å². The van der Waals surface area contributed by atoms with Crippen LogP contribution in [0.25, 0.3) is 0 Å². The van der Waals surface area contributed by atoms with Gasteiger partial charge in [-0.2, -0.15) is 5.26 Å². The quantitative estimate of drug-likeness (QED) is 0.800. The van der Waals surface area contributed by atoms with E-state index in [9.17, 15) is 4.79 Å². The monoisotopic (exact) mass is 251 g/mol. The minimum absolute atomic E-state index is 0.00167. The Kier molecular flexibility index (Phi) is 4.75. The van der Waals surface area contributed by atoms with Crippen molar-refractivity contribution in [1.82, 2.24) is 5.32 Å². The summed E-state index contributed by atoms with van der Waals surface area (Å²) in [5.41, 5.74) is 6.00. The minimum Gasteiger partial charge on any atom is -0.355 e. The number of amides is 1. The Labute approximate surface area is 110 Å². The van der Waals surface area contributed by atoms with Crippen molar-refractivity contribution in [2.45, 2.75) is 46.6 Å². The number of carbonyl (C=O) groups excluding carboxylic acids is 1. The molecule has 3 N–H and O–H groups in total. The summed E-state index contributed by atoms with van der Waals surface area (Å²) in [5, 5.41) is 11.6. The molecule has 0 aromatic heterocycles. The van der Waals surface area contributed by atoms with Crippen molar-refractivity contribution in [2.75, 3.05) is 6.54 Å². The first-order valence-corrected chi connectivity index (χ1v) is 6.73. The summed E-state index contributed by atoms with van der Waals surface area (Å²) < 4.78 is 0. The van der Waals surface area contributed by atoms with Gasteiger partial charge in [-0.05, 0) is 31.1 Å². The second-order valence-electron chi connectivity index (χ2n) is 6.18. The van der Waals surface area contributed by atoms with Crippen LogP contribution in [-0.4, -0.2) is 18.5 Å². The highest BCUT2D eigenvalue weighted by molar-refractivity contribution is 5.79. The van der Waals surface area contributed by atoms with E-state index in [1.807, 2.05) is 6.92 Å². The van der Waals surface area contributed by atoms with Gasteiger partial charge in [-0.3, -0.25) is 4.79 Å². The molecule has 1 amide bonds. The normalized spacial score (nSPS) is 32.3. The van der Waals surface area contributed by atoms with E-state index >= 15 is 0 Å². The van der Waals surface area contributed by atoms with Crippen molar-refractivity contribution in [2.24, 2.45) is 28.9 Å². The molecular weight excluding hydrogens is 226 g/mol. The summed E-state index contributed by atoms with van der Waals surface area (Å²) >= 11 is 0. The van der Waals surface area contributed by atoms with Gasteiger partial charge in [-0.25, -0.2) is 0 Å². The number of nitrogens with one attached hydrogen (secondary N) is 1. The van der Waals surface area contributed by atoms with Crippen LogP contribution >= 0.6 is 0 Å². The average Bonchev–Trinajstić information content (AvgIpc) is 2.32. The first-order chi connectivity index (χ1) is 8.30. The van der Waals surface area contributed by atoms with Crippen LogP contribution in [0.3, 0.4) is 0 Å². The van der Waals surface area contributed by atoms with E-state index in [1.54, 1.807) is 0 Å². The Morgan fingerprint density at radius 1 is 1.56 bits per heavy atom. The molecule has 1 saturated carbocycles. The molecule has 0 bridgehead atoms. The Morgan fingerprint density at radius 3 is 2.72 bits per heavy atom. The minimum atomic E-state index is -0.139. The van der Waals surface area contributed by atoms with E-state index in [4.69, 9.17) is 11.0 Å². The van der Waals surface area contributed by atoms with Crippen molar-refractivity contribution in [1.29, 1.82) is 5.26 Å². The number of hydrogen-bond donors (Lipinski definition) is 2. The highest BCUT2D eigenvalue weighted by Crippen LogP contribution is 2.44. The summed E-state index contributed by atoms with van der Waals surface area (Å²) in [7, 11) is 0. The van der Waals surface area contributed by atoms with Crippen LogP contribution in [0.1, 0.15) is 40.5 Å². The van der Waals surface area contributed by atoms with Crippen molar-refractivity contribution >= 4 is 5.91 Å². The molecule has 0 heterocycles. The molecule has 0 spiro atoms. The number of nitrogens with two attached hydrogens (primary N) is 1. The van der Waals surface area contributed by atoms with Gasteiger partial charge in [-0.15, -0.1) is 0 Å². The van der Waals surface area contributed by atoms with Crippen molar-refractivity contribution < 1.29 is 4.79 Å². The third-order valence-corrected chi connectivity index (χ3v) is 4.62. The second kappa shape index (κ2) is 5.71. The first kappa shape index (κ1) is 15.0. The van der Waals surface area contributed by atoms with Gasteiger partial charge in [0.25, 0.3) is 0 Å². The summed E-state index contributed by atoms with van der Waals surface area (Å²) in [4.78, 5) is 12.2. The van der Waals surface area contributed by atoms with Crippen molar-refractivity contribution in [3.05, 3.63) is 0 Å². The van der Waals surface area contributed by atoms with Gasteiger partial charge in [0.2, 0.25) is 5.91 Å². The predicted octanol–water partition coefficient (Wildman–Crippen LogP) is 1.66. The van der Waals surface area contributed by atoms with Gasteiger partial charge in [0, 0.05) is 18.5 Å². The molecule has 4 unspecified atom stereocenters. The molecule has 4 nitrogen and oxygen atoms in total. The summed E-state index contributed by atoms with van der Waals surface area (Å²) in [6.07, 6.45) is 1.74. The summed E-state index contributed by atoms with van der Waals surface area (Å²) in [5.74, 6) is 0.259. The van der Waals surface area contributed by atoms with Gasteiger partial charge < -0.3 is 11.1 Å². The second-order valence-corrected chi connectivity index (χ2v) is 6.18. The molecular formula is C14H25N3O. The fourth-order valence-electron chi connectivity index (χ4n) is 2.74. The van der Waals surface area contributed by atoms with Crippen LogP contribution in [0.15, 0.2) is 0 Å². The lowest BCUT2D eigenvalue weighted by atomic mass is 9.61. The number of hydrogen-bond acceptors (Lipinski definition) is 3. The van der Waals surface area contributed by atoms with E-state index < -0.39 is 0 Å². The molecule has 0 radical (unpaired) electrons. The molecule has 1 aliphatic rings. The molecule has 0 saturated heterocycles. The number of carbonyl (C=O) groups is 1. The lowest BCUT2D eigenvalue weighted by Crippen LogP contribution is -2.51. The summed E-state index contributed by atoms with van der Waals surface area (Å²) in [6.45, 7) is 8.61. The third kappa shape index (κ3) is 3.02. The SMILES string of the molecule is CC(C#N)CNC(=O)C1CCC(N)C(C)C1(C)C. The molecule has 1 fully saturated rings. The van der Waals surface area contributed by atoms with Crippen LogP contribution in [0.5, 0.6) is 0 Å². The largest absolute Gasteiger partial charge is 0.355 e. The van der Waals surface area contributed by atoms with E-state index in [0.717, 1.165) is 12.8 Å². The maximum Gasteiger partial charge on any atom is 0.223 e. The van der Waals surface area contributed by atoms with Crippen LogP contribution in [0, 0.1) is 34.5 Å². The molecule has 102 valence electrons. The molecule has 4 atom stereocenters. The standard InChI is InChI=1S/C14H25N3O/c1-9(7-15)8-17-13(18)11-5-6-12(16)10(2)14(11,3)4/h9-12H,5-6,8,16H2,1-4H3,(H,17,18). The lowest BCUT2D eigenvalue weighted by Gasteiger charge is -2.46. The highest BCUT2D eigenvalue weighted by Gasteiger charge is 2.44. The van der Waals surface area contributed by atoms with E-state index in [-0.39, 0.29) is 29.2 Å². The smallest absolute Gasteiger partial charge is 0.223 e. The molecule has 0 aromatic carbocycles. The molecule has 0 aliphatic heterocycles. The van der Waals surface area contributed by atoms with Gasteiger partial charge in [0.1, 0.15) is 0 Å². The highest BCUT2D eigenvalue weighted by atomic mass is 16.1. The third-order valence-electron chi connectivity index (χ3n) is 4.62. The average molecular weight is 251 g/mol. The maximum absolute atomic E-state index is 12.2. The fraction of sp³-hybridized carbons (Fsp3) is 0.857. The van der Waals surface area contributed by atoms with Gasteiger partial charge in [0.05, 0.1) is 12.0 Å². The van der Waals surface area contributed by atoms with Crippen molar-refractivity contribution in [3.63, 3.8) is 0 Å². The van der Waals surface area contributed by atoms with E-state index in [2.05, 4.69) is 32.2 Å². The number of nitriles is 1. The van der Waals surface area contributed by atoms with Crippen LogP contribution in [0.4, 0.5) is 0 Å². The first-order valence-electron chi connectivity index (χ1n) is 6.73. The molecule has 18 heavy (non-hydrogen) atoms. The lowest BCUT2D eigenvalue weighted by molar-refractivity contribution is -0.132. The Balaban J connectivity index is 2.66. The van der Waals surface area contributed by atoms with Crippen LogP contribution in [0.2, 0.25) is 0 Å². The molecule has 4 heteroatoms. The molecule has 0 aromatic rings. The van der Waals surface area contributed by atoms with Crippen molar-refractivity contribution in [3.8, 4) is 6.07 Å². The molecule has 1 rings (SSSR count). The summed E-state index contributed by atoms with van der Waals surface area (Å²) in [6, 6.07) is 2.31. The van der Waals surface area contributed by atoms with Crippen LogP contribution in [-0.2, 0) is 4.79 Å². The van der Waals surface area contributed by atoms with Crippen LogP contribution < -0.4 is 11.1 Å². The maximum atomic E-state index is 12.2. The zero-order valence-electron chi connectivity index (χ0n) is 11.9. The zero-order valence-corrected chi connectivity index (χ0v) is 11.9. The Morgan fingerprint density at radius 2 is 2.17 bits per heavy atom.